The molecule has 1 atom stereocenters. The third-order valence-corrected chi connectivity index (χ3v) is 4.40. The Morgan fingerprint density at radius 2 is 1.81 bits per heavy atom. The van der Waals surface area contributed by atoms with Crippen molar-refractivity contribution in [2.75, 3.05) is 12.4 Å². The van der Waals surface area contributed by atoms with Crippen molar-refractivity contribution in [2.45, 2.75) is 38.8 Å². The molecule has 8 heteroatoms. The van der Waals surface area contributed by atoms with E-state index in [2.05, 4.69) is 20.6 Å². The number of alkyl carbamates (subject to hydrolysis) is 1. The number of amides is 1. The molecule has 3 rings (SSSR count). The molecule has 8 nitrogen and oxygen atoms in total. The third kappa shape index (κ3) is 6.15. The molecule has 0 bridgehead atoms. The number of ether oxygens (including phenoxy) is 2. The van der Waals surface area contributed by atoms with Crippen molar-refractivity contribution < 1.29 is 19.1 Å². The lowest BCUT2D eigenvalue weighted by atomic mass is 10.1. The molecule has 0 aliphatic rings. The van der Waals surface area contributed by atoms with Gasteiger partial charge in [-0.2, -0.15) is 0 Å². The second-order valence-electron chi connectivity index (χ2n) is 8.00. The molecule has 0 saturated heterocycles. The fourth-order valence-corrected chi connectivity index (χ4v) is 3.00. The van der Waals surface area contributed by atoms with E-state index in [1.54, 1.807) is 39.4 Å². The van der Waals surface area contributed by atoms with Gasteiger partial charge in [-0.05, 0) is 50.6 Å². The second kappa shape index (κ2) is 9.42. The van der Waals surface area contributed by atoms with Gasteiger partial charge in [-0.25, -0.2) is 14.6 Å². The third-order valence-electron chi connectivity index (χ3n) is 4.40. The molecule has 0 fully saturated rings. The van der Waals surface area contributed by atoms with Crippen molar-refractivity contribution in [1.29, 1.82) is 0 Å². The van der Waals surface area contributed by atoms with E-state index >= 15 is 0 Å². The molecule has 1 aromatic carbocycles. The minimum Gasteiger partial charge on any atom is -0.467 e. The number of carbonyl (C=O) groups is 2. The van der Waals surface area contributed by atoms with E-state index in [0.717, 1.165) is 27.8 Å². The lowest BCUT2D eigenvalue weighted by molar-refractivity contribution is -0.143. The van der Waals surface area contributed by atoms with Crippen molar-refractivity contribution in [1.82, 2.24) is 15.3 Å². The number of carbonyl (C=O) groups excluding carboxylic acids is 2. The van der Waals surface area contributed by atoms with Crippen LogP contribution < -0.4 is 10.6 Å². The Kier molecular flexibility index (Phi) is 6.69. The van der Waals surface area contributed by atoms with Crippen LogP contribution in [0.1, 0.15) is 26.3 Å². The number of hydrogen-bond donors (Lipinski definition) is 2. The van der Waals surface area contributed by atoms with E-state index in [1.807, 2.05) is 36.4 Å². The fourth-order valence-electron chi connectivity index (χ4n) is 3.00. The van der Waals surface area contributed by atoms with Crippen LogP contribution >= 0.6 is 0 Å². The van der Waals surface area contributed by atoms with E-state index in [-0.39, 0.29) is 6.42 Å². The van der Waals surface area contributed by atoms with Gasteiger partial charge in [-0.15, -0.1) is 0 Å². The summed E-state index contributed by atoms with van der Waals surface area (Å²) >= 11 is 0. The van der Waals surface area contributed by atoms with Gasteiger partial charge in [0.15, 0.2) is 0 Å². The highest BCUT2D eigenvalue weighted by Crippen LogP contribution is 2.23. The van der Waals surface area contributed by atoms with Crippen molar-refractivity contribution in [3.05, 3.63) is 60.6 Å². The standard InChI is InChI=1S/C23H26N4O4/c1-23(2,3)31-22(29)27-19(21(28)30-4)13-15-5-7-17(8-6-15)26-20-18-10-11-24-14-16(18)9-12-25-20/h5-12,14,19H,13H2,1-4H3,(H,25,26)(H,27,29)/t19-/m0/s1. The number of esters is 1. The van der Waals surface area contributed by atoms with Gasteiger partial charge in [-0.1, -0.05) is 12.1 Å². The topological polar surface area (TPSA) is 102 Å². The molecule has 0 aliphatic heterocycles. The van der Waals surface area contributed by atoms with Gasteiger partial charge in [0.05, 0.1) is 7.11 Å². The quantitative estimate of drug-likeness (QED) is 0.579. The molecule has 2 aromatic heterocycles. The molecule has 31 heavy (non-hydrogen) atoms. The molecular weight excluding hydrogens is 396 g/mol. The van der Waals surface area contributed by atoms with Gasteiger partial charge in [-0.3, -0.25) is 4.98 Å². The predicted molar refractivity (Wildman–Crippen MR) is 118 cm³/mol. The molecule has 0 spiro atoms. The number of nitrogens with zero attached hydrogens (tertiary/aromatic N) is 2. The van der Waals surface area contributed by atoms with Gasteiger partial charge in [0, 0.05) is 41.5 Å². The van der Waals surface area contributed by atoms with Crippen molar-refractivity contribution in [3.63, 3.8) is 0 Å². The fraction of sp³-hybridized carbons (Fsp3) is 0.304. The first kappa shape index (κ1) is 22.0. The Bertz CT molecular complexity index is 1060. The first-order chi connectivity index (χ1) is 14.7. The predicted octanol–water partition coefficient (Wildman–Crippen LogP) is 3.98. The number of methoxy groups -OCH3 is 1. The van der Waals surface area contributed by atoms with E-state index < -0.39 is 23.7 Å². The number of pyridine rings is 2. The molecule has 2 heterocycles. The zero-order valence-corrected chi connectivity index (χ0v) is 18.0. The van der Waals surface area contributed by atoms with Gasteiger partial charge in [0.2, 0.25) is 0 Å². The van der Waals surface area contributed by atoms with Crippen molar-refractivity contribution in [3.8, 4) is 0 Å². The number of anilines is 2. The van der Waals surface area contributed by atoms with Crippen LogP contribution in [0.5, 0.6) is 0 Å². The number of aromatic nitrogens is 2. The highest BCUT2D eigenvalue weighted by atomic mass is 16.6. The minimum atomic E-state index is -0.856. The van der Waals surface area contributed by atoms with Crippen LogP contribution in [0.2, 0.25) is 0 Å². The van der Waals surface area contributed by atoms with Crippen LogP contribution in [0.25, 0.3) is 10.8 Å². The summed E-state index contributed by atoms with van der Waals surface area (Å²) in [6.45, 7) is 5.27. The van der Waals surface area contributed by atoms with Crippen LogP contribution in [0.4, 0.5) is 16.3 Å². The second-order valence-corrected chi connectivity index (χ2v) is 8.00. The summed E-state index contributed by atoms with van der Waals surface area (Å²) < 4.78 is 10.1. The molecule has 2 N–H and O–H groups in total. The van der Waals surface area contributed by atoms with Crippen LogP contribution in [-0.2, 0) is 20.7 Å². The number of fused-ring (bicyclic) bond motifs is 1. The highest BCUT2D eigenvalue weighted by Gasteiger charge is 2.25. The average Bonchev–Trinajstić information content (AvgIpc) is 2.73. The van der Waals surface area contributed by atoms with Gasteiger partial charge < -0.3 is 20.1 Å². The summed E-state index contributed by atoms with van der Waals surface area (Å²) in [7, 11) is 1.28. The monoisotopic (exact) mass is 422 g/mol. The van der Waals surface area contributed by atoms with E-state index in [4.69, 9.17) is 9.47 Å². The van der Waals surface area contributed by atoms with Gasteiger partial charge in [0.25, 0.3) is 0 Å². The Hall–Kier alpha value is -3.68. The highest BCUT2D eigenvalue weighted by molar-refractivity contribution is 5.92. The molecule has 0 aliphatic carbocycles. The zero-order chi connectivity index (χ0) is 22.4. The lowest BCUT2D eigenvalue weighted by Gasteiger charge is -2.22. The SMILES string of the molecule is COC(=O)[C@H](Cc1ccc(Nc2nccc3cnccc23)cc1)NC(=O)OC(C)(C)C. The normalized spacial score (nSPS) is 12.1. The Morgan fingerprint density at radius 1 is 1.06 bits per heavy atom. The first-order valence-electron chi connectivity index (χ1n) is 9.87. The molecule has 0 radical (unpaired) electrons. The summed E-state index contributed by atoms with van der Waals surface area (Å²) in [5, 5.41) is 7.84. The maximum absolute atomic E-state index is 12.1. The van der Waals surface area contributed by atoms with Crippen molar-refractivity contribution >= 4 is 34.3 Å². The molecular formula is C23H26N4O4. The van der Waals surface area contributed by atoms with E-state index in [0.29, 0.717) is 0 Å². The average molecular weight is 422 g/mol. The summed E-state index contributed by atoms with van der Waals surface area (Å²) in [6, 6.07) is 10.5. The first-order valence-corrected chi connectivity index (χ1v) is 9.87. The van der Waals surface area contributed by atoms with Crippen LogP contribution in [-0.4, -0.2) is 40.8 Å². The van der Waals surface area contributed by atoms with E-state index in [1.165, 1.54) is 7.11 Å². The number of benzene rings is 1. The van der Waals surface area contributed by atoms with Crippen molar-refractivity contribution in [2.24, 2.45) is 0 Å². The summed E-state index contributed by atoms with van der Waals surface area (Å²) in [5.74, 6) is 0.188. The Labute approximate surface area is 181 Å². The molecule has 0 unspecified atom stereocenters. The van der Waals surface area contributed by atoms with E-state index in [9.17, 15) is 9.59 Å². The lowest BCUT2D eigenvalue weighted by Crippen LogP contribution is -2.45. The zero-order valence-electron chi connectivity index (χ0n) is 18.0. The van der Waals surface area contributed by atoms with Gasteiger partial charge >= 0.3 is 12.1 Å². The summed E-state index contributed by atoms with van der Waals surface area (Å²) in [5.41, 5.74) is 1.03. The minimum absolute atomic E-state index is 0.268. The molecule has 0 saturated carbocycles. The summed E-state index contributed by atoms with van der Waals surface area (Å²) in [4.78, 5) is 32.8. The Balaban J connectivity index is 1.70. The van der Waals surface area contributed by atoms with Crippen LogP contribution in [0.3, 0.4) is 0 Å². The molecule has 162 valence electrons. The smallest absolute Gasteiger partial charge is 0.408 e. The van der Waals surface area contributed by atoms with Crippen LogP contribution in [0.15, 0.2) is 55.0 Å². The maximum Gasteiger partial charge on any atom is 0.408 e. The number of hydrogen-bond acceptors (Lipinski definition) is 7. The van der Waals surface area contributed by atoms with Gasteiger partial charge in [0.1, 0.15) is 17.5 Å². The largest absolute Gasteiger partial charge is 0.467 e. The maximum atomic E-state index is 12.1. The molecule has 1 amide bonds. The number of rotatable bonds is 6. The van der Waals surface area contributed by atoms with Crippen LogP contribution in [0, 0.1) is 0 Å². The Morgan fingerprint density at radius 3 is 2.48 bits per heavy atom. The molecule has 3 aromatic rings. The summed E-state index contributed by atoms with van der Waals surface area (Å²) in [6.07, 6.45) is 4.84. The number of nitrogens with one attached hydrogen (secondary N) is 2.